The van der Waals surface area contributed by atoms with Gasteiger partial charge in [-0.15, -0.1) is 0 Å². The van der Waals surface area contributed by atoms with Gasteiger partial charge in [-0.05, 0) is 55.7 Å². The lowest BCUT2D eigenvalue weighted by Crippen LogP contribution is -2.30. The van der Waals surface area contributed by atoms with Gasteiger partial charge < -0.3 is 5.32 Å². The third-order valence-electron chi connectivity index (χ3n) is 3.41. The van der Waals surface area contributed by atoms with Gasteiger partial charge in [-0.2, -0.15) is 0 Å². The molecular weight excluding hydrogens is 275 g/mol. The van der Waals surface area contributed by atoms with Crippen LogP contribution in [0.15, 0.2) is 42.5 Å². The number of hydrogen-bond acceptors (Lipinski definition) is 1. The van der Waals surface area contributed by atoms with Crippen LogP contribution in [0.3, 0.4) is 0 Å². The Balaban J connectivity index is 1.98. The van der Waals surface area contributed by atoms with Crippen molar-refractivity contribution in [2.24, 2.45) is 0 Å². The van der Waals surface area contributed by atoms with E-state index < -0.39 is 11.6 Å². The van der Waals surface area contributed by atoms with Crippen LogP contribution in [0.25, 0.3) is 0 Å². The summed E-state index contributed by atoms with van der Waals surface area (Å²) in [5, 5.41) is 3.30. The fourth-order valence-electron chi connectivity index (χ4n) is 2.38. The zero-order valence-electron chi connectivity index (χ0n) is 12.0. The second kappa shape index (κ2) is 6.76. The number of nitrogens with one attached hydrogen (secondary N) is 1. The van der Waals surface area contributed by atoms with E-state index in [0.29, 0.717) is 12.0 Å². The first kappa shape index (κ1) is 15.6. The van der Waals surface area contributed by atoms with Crippen molar-refractivity contribution in [1.29, 1.82) is 0 Å². The van der Waals surface area contributed by atoms with E-state index in [9.17, 15) is 13.2 Å². The summed E-state index contributed by atoms with van der Waals surface area (Å²) in [6, 6.07) is 10.3. The predicted octanol–water partition coefficient (Wildman–Crippen LogP) is 4.39. The summed E-state index contributed by atoms with van der Waals surface area (Å²) >= 11 is 0. The molecule has 0 saturated heterocycles. The average molecular weight is 293 g/mol. The Morgan fingerprint density at radius 3 is 2.38 bits per heavy atom. The number of rotatable bonds is 5. The lowest BCUT2D eigenvalue weighted by molar-refractivity contribution is 0.467. The Morgan fingerprint density at radius 2 is 1.71 bits per heavy atom. The first-order valence-corrected chi connectivity index (χ1v) is 6.91. The smallest absolute Gasteiger partial charge is 0.159 e. The third-order valence-corrected chi connectivity index (χ3v) is 3.41. The summed E-state index contributed by atoms with van der Waals surface area (Å²) in [4.78, 5) is 0. The number of halogens is 3. The molecule has 2 rings (SSSR count). The molecule has 0 fully saturated rings. The molecule has 0 heterocycles. The van der Waals surface area contributed by atoms with Crippen molar-refractivity contribution in [3.05, 3.63) is 71.0 Å². The van der Waals surface area contributed by atoms with Gasteiger partial charge in [-0.1, -0.05) is 18.2 Å². The molecule has 112 valence electrons. The summed E-state index contributed by atoms with van der Waals surface area (Å²) in [6.45, 7) is 3.86. The lowest BCUT2D eigenvalue weighted by Gasteiger charge is -2.20. The number of hydrogen-bond donors (Lipinski definition) is 1. The molecule has 2 atom stereocenters. The van der Waals surface area contributed by atoms with Gasteiger partial charge in [0, 0.05) is 12.1 Å². The van der Waals surface area contributed by atoms with Crippen LogP contribution < -0.4 is 5.32 Å². The van der Waals surface area contributed by atoms with E-state index >= 15 is 0 Å². The Labute approximate surface area is 122 Å². The SMILES string of the molecule is CC(Cc1cccc(F)c1)NC(C)c1ccc(F)c(F)c1. The highest BCUT2D eigenvalue weighted by Gasteiger charge is 2.12. The molecule has 0 aliphatic rings. The van der Waals surface area contributed by atoms with E-state index in [-0.39, 0.29) is 17.9 Å². The summed E-state index contributed by atoms with van der Waals surface area (Å²) in [7, 11) is 0. The van der Waals surface area contributed by atoms with Crippen LogP contribution in [-0.2, 0) is 6.42 Å². The summed E-state index contributed by atoms with van der Waals surface area (Å²) in [6.07, 6.45) is 0.659. The van der Waals surface area contributed by atoms with Gasteiger partial charge in [0.1, 0.15) is 5.82 Å². The standard InChI is InChI=1S/C17H18F3N/c1-11(8-13-4-3-5-15(18)9-13)21-12(2)14-6-7-16(19)17(20)10-14/h3-7,9-12,21H,8H2,1-2H3. The summed E-state index contributed by atoms with van der Waals surface area (Å²) < 4.78 is 39.3. The van der Waals surface area contributed by atoms with Crippen LogP contribution in [-0.4, -0.2) is 6.04 Å². The van der Waals surface area contributed by atoms with Gasteiger partial charge in [0.15, 0.2) is 11.6 Å². The zero-order chi connectivity index (χ0) is 15.4. The highest BCUT2D eigenvalue weighted by Crippen LogP contribution is 2.17. The molecule has 2 unspecified atom stereocenters. The van der Waals surface area contributed by atoms with Gasteiger partial charge in [0.2, 0.25) is 0 Å². The van der Waals surface area contributed by atoms with E-state index in [2.05, 4.69) is 5.32 Å². The monoisotopic (exact) mass is 293 g/mol. The zero-order valence-corrected chi connectivity index (χ0v) is 12.0. The van der Waals surface area contributed by atoms with Gasteiger partial charge >= 0.3 is 0 Å². The fourth-order valence-corrected chi connectivity index (χ4v) is 2.38. The molecule has 0 aromatic heterocycles. The average Bonchev–Trinajstić information content (AvgIpc) is 2.41. The molecule has 2 aromatic carbocycles. The van der Waals surface area contributed by atoms with Gasteiger partial charge in [-0.25, -0.2) is 13.2 Å². The van der Waals surface area contributed by atoms with Gasteiger partial charge in [0.25, 0.3) is 0 Å². The van der Waals surface area contributed by atoms with Crippen LogP contribution >= 0.6 is 0 Å². The maximum absolute atomic E-state index is 13.2. The van der Waals surface area contributed by atoms with E-state index in [1.165, 1.54) is 18.2 Å². The largest absolute Gasteiger partial charge is 0.307 e. The van der Waals surface area contributed by atoms with Crippen LogP contribution in [0.2, 0.25) is 0 Å². The molecule has 1 N–H and O–H groups in total. The molecule has 0 aliphatic carbocycles. The lowest BCUT2D eigenvalue weighted by atomic mass is 10.0. The Kier molecular flexibility index (Phi) is 5.02. The molecule has 4 heteroatoms. The van der Waals surface area contributed by atoms with Crippen molar-refractivity contribution in [1.82, 2.24) is 5.32 Å². The third kappa shape index (κ3) is 4.33. The van der Waals surface area contributed by atoms with E-state index in [0.717, 1.165) is 11.6 Å². The second-order valence-electron chi connectivity index (χ2n) is 5.30. The topological polar surface area (TPSA) is 12.0 Å². The normalized spacial score (nSPS) is 14.0. The molecule has 0 bridgehead atoms. The van der Waals surface area contributed by atoms with Crippen molar-refractivity contribution in [3.63, 3.8) is 0 Å². The van der Waals surface area contributed by atoms with Crippen molar-refractivity contribution in [3.8, 4) is 0 Å². The molecule has 1 nitrogen and oxygen atoms in total. The Bertz CT molecular complexity index is 613. The second-order valence-corrected chi connectivity index (χ2v) is 5.30. The predicted molar refractivity (Wildman–Crippen MR) is 77.5 cm³/mol. The summed E-state index contributed by atoms with van der Waals surface area (Å²) in [5.74, 6) is -1.95. The molecule has 0 spiro atoms. The van der Waals surface area contributed by atoms with Crippen molar-refractivity contribution < 1.29 is 13.2 Å². The molecule has 0 radical (unpaired) electrons. The molecule has 0 amide bonds. The van der Waals surface area contributed by atoms with Crippen molar-refractivity contribution >= 4 is 0 Å². The minimum Gasteiger partial charge on any atom is -0.307 e. The highest BCUT2D eigenvalue weighted by molar-refractivity contribution is 5.21. The molecular formula is C17H18F3N. The number of benzene rings is 2. The molecule has 21 heavy (non-hydrogen) atoms. The van der Waals surface area contributed by atoms with Crippen LogP contribution in [0, 0.1) is 17.5 Å². The van der Waals surface area contributed by atoms with Crippen LogP contribution in [0.1, 0.15) is 31.0 Å². The molecule has 0 saturated carbocycles. The Hall–Kier alpha value is -1.81. The Morgan fingerprint density at radius 1 is 0.952 bits per heavy atom. The van der Waals surface area contributed by atoms with Crippen molar-refractivity contribution in [2.75, 3.05) is 0 Å². The van der Waals surface area contributed by atoms with Crippen molar-refractivity contribution in [2.45, 2.75) is 32.4 Å². The first-order valence-electron chi connectivity index (χ1n) is 6.91. The van der Waals surface area contributed by atoms with Gasteiger partial charge in [-0.3, -0.25) is 0 Å². The van der Waals surface area contributed by atoms with E-state index in [1.54, 1.807) is 12.1 Å². The van der Waals surface area contributed by atoms with Crippen LogP contribution in [0.4, 0.5) is 13.2 Å². The van der Waals surface area contributed by atoms with Crippen LogP contribution in [0.5, 0.6) is 0 Å². The summed E-state index contributed by atoms with van der Waals surface area (Å²) in [5.41, 5.74) is 1.58. The minimum absolute atomic E-state index is 0.0786. The molecule has 0 aliphatic heterocycles. The molecule has 2 aromatic rings. The fraction of sp³-hybridized carbons (Fsp3) is 0.294. The quantitative estimate of drug-likeness (QED) is 0.862. The minimum atomic E-state index is -0.848. The highest BCUT2D eigenvalue weighted by atomic mass is 19.2. The maximum atomic E-state index is 13.2. The maximum Gasteiger partial charge on any atom is 0.159 e. The van der Waals surface area contributed by atoms with E-state index in [1.807, 2.05) is 19.9 Å². The van der Waals surface area contributed by atoms with E-state index in [4.69, 9.17) is 0 Å². The first-order chi connectivity index (χ1) is 9.95. The van der Waals surface area contributed by atoms with Gasteiger partial charge in [0.05, 0.1) is 0 Å².